The van der Waals surface area contributed by atoms with E-state index in [4.69, 9.17) is 4.74 Å². The van der Waals surface area contributed by atoms with Crippen molar-refractivity contribution in [1.29, 1.82) is 0 Å². The highest BCUT2D eigenvalue weighted by Gasteiger charge is 2.31. The molecule has 0 bridgehead atoms. The minimum absolute atomic E-state index is 0.182. The second kappa shape index (κ2) is 5.62. The van der Waals surface area contributed by atoms with Crippen LogP contribution in [0, 0.1) is 0 Å². The van der Waals surface area contributed by atoms with Crippen molar-refractivity contribution in [3.05, 3.63) is 30.0 Å². The number of aliphatic hydroxyl groups is 1. The lowest BCUT2D eigenvalue weighted by molar-refractivity contribution is 0.0559. The molecule has 2 heterocycles. The van der Waals surface area contributed by atoms with Gasteiger partial charge >= 0.3 is 0 Å². The fourth-order valence-corrected chi connectivity index (χ4v) is 2.89. The molecule has 1 aromatic heterocycles. The van der Waals surface area contributed by atoms with Gasteiger partial charge in [-0.1, -0.05) is 0 Å². The number of methoxy groups -OCH3 is 1. The van der Waals surface area contributed by atoms with Crippen LogP contribution in [0.25, 0.3) is 10.9 Å². The number of amides is 1. The molecule has 1 aliphatic rings. The molecule has 0 aliphatic carbocycles. The molecule has 118 valence electrons. The average molecular weight is 303 g/mol. The number of nitrogens with zero attached hydrogens (tertiary/aromatic N) is 1. The maximum atomic E-state index is 12.4. The van der Waals surface area contributed by atoms with Gasteiger partial charge in [0.15, 0.2) is 0 Å². The van der Waals surface area contributed by atoms with Crippen molar-refractivity contribution in [3.63, 3.8) is 0 Å². The second-order valence-corrected chi connectivity index (χ2v) is 5.85. The molecule has 6 heteroatoms. The molecule has 3 rings (SSSR count). The molecule has 1 aromatic carbocycles. The van der Waals surface area contributed by atoms with Crippen molar-refractivity contribution < 1.29 is 14.6 Å². The Labute approximate surface area is 129 Å². The first kappa shape index (κ1) is 14.9. The minimum atomic E-state index is -0.844. The van der Waals surface area contributed by atoms with Crippen LogP contribution in [0.3, 0.4) is 0 Å². The maximum absolute atomic E-state index is 12.4. The average Bonchev–Trinajstić information content (AvgIpc) is 3.09. The molecule has 1 saturated heterocycles. The number of fused-ring (bicyclic) bond motifs is 1. The van der Waals surface area contributed by atoms with Gasteiger partial charge in [-0.2, -0.15) is 0 Å². The molecule has 22 heavy (non-hydrogen) atoms. The van der Waals surface area contributed by atoms with Gasteiger partial charge in [0.2, 0.25) is 0 Å². The molecule has 0 saturated carbocycles. The summed E-state index contributed by atoms with van der Waals surface area (Å²) in [7, 11) is 3.48. The van der Waals surface area contributed by atoms with Gasteiger partial charge in [0.25, 0.3) is 5.91 Å². The van der Waals surface area contributed by atoms with E-state index < -0.39 is 5.60 Å². The van der Waals surface area contributed by atoms with Crippen LogP contribution in [-0.4, -0.2) is 47.9 Å². The van der Waals surface area contributed by atoms with Crippen molar-refractivity contribution in [1.82, 2.24) is 15.2 Å². The zero-order chi connectivity index (χ0) is 15.7. The van der Waals surface area contributed by atoms with E-state index in [2.05, 4.69) is 10.6 Å². The number of β-amino-alcohol motifs (C(OH)–C–C–N with tert-alkyl or cyclic N) is 1. The largest absolute Gasteiger partial charge is 0.497 e. The fraction of sp³-hybridized carbons (Fsp3) is 0.438. The second-order valence-electron chi connectivity index (χ2n) is 5.85. The monoisotopic (exact) mass is 303 g/mol. The van der Waals surface area contributed by atoms with Gasteiger partial charge in [0.05, 0.1) is 12.7 Å². The highest BCUT2D eigenvalue weighted by atomic mass is 16.5. The van der Waals surface area contributed by atoms with Crippen molar-refractivity contribution in [2.45, 2.75) is 12.0 Å². The highest BCUT2D eigenvalue weighted by molar-refractivity contribution is 5.99. The molecule has 1 amide bonds. The van der Waals surface area contributed by atoms with Gasteiger partial charge in [0, 0.05) is 31.0 Å². The Morgan fingerprint density at radius 3 is 3.00 bits per heavy atom. The SMILES string of the molecule is COc1ccc2c(c1)cc(C(=O)NCC1(O)CCNC1)n2C. The summed E-state index contributed by atoms with van der Waals surface area (Å²) in [6.07, 6.45) is 0.652. The number of aryl methyl sites for hydroxylation is 1. The van der Waals surface area contributed by atoms with E-state index in [9.17, 15) is 9.90 Å². The molecule has 2 aromatic rings. The highest BCUT2D eigenvalue weighted by Crippen LogP contribution is 2.24. The Hall–Kier alpha value is -2.05. The van der Waals surface area contributed by atoms with Crippen LogP contribution in [0.1, 0.15) is 16.9 Å². The standard InChI is InChI=1S/C16H21N3O3/c1-19-13-4-3-12(22-2)7-11(13)8-14(19)15(20)18-10-16(21)5-6-17-9-16/h3-4,7-8,17,21H,5-6,9-10H2,1-2H3,(H,18,20). The topological polar surface area (TPSA) is 75.5 Å². The quantitative estimate of drug-likeness (QED) is 0.775. The molecule has 1 aliphatic heterocycles. The zero-order valence-corrected chi connectivity index (χ0v) is 12.8. The van der Waals surface area contributed by atoms with Gasteiger partial charge in [-0.3, -0.25) is 4.79 Å². The third kappa shape index (κ3) is 2.67. The molecule has 1 fully saturated rings. The van der Waals surface area contributed by atoms with Crippen LogP contribution in [0.4, 0.5) is 0 Å². The molecular formula is C16H21N3O3. The van der Waals surface area contributed by atoms with Gasteiger partial charge < -0.3 is 25.0 Å². The van der Waals surface area contributed by atoms with E-state index >= 15 is 0 Å². The summed E-state index contributed by atoms with van der Waals surface area (Å²) in [5.41, 5.74) is 0.689. The van der Waals surface area contributed by atoms with Crippen molar-refractivity contribution >= 4 is 16.8 Å². The van der Waals surface area contributed by atoms with Crippen LogP contribution in [-0.2, 0) is 7.05 Å². The number of hydrogen-bond donors (Lipinski definition) is 3. The lowest BCUT2D eigenvalue weighted by Crippen LogP contribution is -2.44. The summed E-state index contributed by atoms with van der Waals surface area (Å²) >= 11 is 0. The third-order valence-electron chi connectivity index (χ3n) is 4.28. The fourth-order valence-electron chi connectivity index (χ4n) is 2.89. The van der Waals surface area contributed by atoms with Crippen LogP contribution >= 0.6 is 0 Å². The summed E-state index contributed by atoms with van der Waals surface area (Å²) in [6.45, 7) is 1.55. The summed E-state index contributed by atoms with van der Waals surface area (Å²) in [5.74, 6) is 0.578. The van der Waals surface area contributed by atoms with Crippen LogP contribution in [0.15, 0.2) is 24.3 Å². The first-order valence-corrected chi connectivity index (χ1v) is 7.37. The first-order chi connectivity index (χ1) is 10.5. The van der Waals surface area contributed by atoms with Crippen LogP contribution < -0.4 is 15.4 Å². The molecule has 3 N–H and O–H groups in total. The van der Waals surface area contributed by atoms with Crippen LogP contribution in [0.5, 0.6) is 5.75 Å². The predicted molar refractivity (Wildman–Crippen MR) is 84.2 cm³/mol. The Morgan fingerprint density at radius 2 is 2.32 bits per heavy atom. The number of nitrogens with one attached hydrogen (secondary N) is 2. The molecule has 1 atom stereocenters. The number of carbonyl (C=O) groups is 1. The Bertz CT molecular complexity index is 702. The summed E-state index contributed by atoms with van der Waals surface area (Å²) in [5, 5.41) is 17.1. The lowest BCUT2D eigenvalue weighted by atomic mass is 10.0. The minimum Gasteiger partial charge on any atom is -0.497 e. The normalized spacial score (nSPS) is 21.2. The first-order valence-electron chi connectivity index (χ1n) is 7.37. The Morgan fingerprint density at radius 1 is 1.50 bits per heavy atom. The van der Waals surface area contributed by atoms with E-state index in [0.717, 1.165) is 23.2 Å². The van der Waals surface area contributed by atoms with Crippen molar-refractivity contribution in [3.8, 4) is 5.75 Å². The lowest BCUT2D eigenvalue weighted by Gasteiger charge is -2.21. The van der Waals surface area contributed by atoms with E-state index in [1.807, 2.05) is 35.9 Å². The number of hydrogen-bond acceptors (Lipinski definition) is 4. The summed E-state index contributed by atoms with van der Waals surface area (Å²) in [6, 6.07) is 7.54. The number of rotatable bonds is 4. The van der Waals surface area contributed by atoms with Crippen molar-refractivity contribution in [2.75, 3.05) is 26.7 Å². The smallest absolute Gasteiger partial charge is 0.268 e. The van der Waals surface area contributed by atoms with Gasteiger partial charge in [0.1, 0.15) is 11.4 Å². The molecule has 0 spiro atoms. The number of carbonyl (C=O) groups excluding carboxylic acids is 1. The number of benzene rings is 1. The van der Waals surface area contributed by atoms with Gasteiger partial charge in [-0.15, -0.1) is 0 Å². The predicted octanol–water partition coefficient (Wildman–Crippen LogP) is 0.641. The summed E-state index contributed by atoms with van der Waals surface area (Å²) < 4.78 is 7.06. The van der Waals surface area contributed by atoms with E-state index in [0.29, 0.717) is 18.7 Å². The van der Waals surface area contributed by atoms with E-state index in [-0.39, 0.29) is 12.5 Å². The van der Waals surface area contributed by atoms with Gasteiger partial charge in [-0.05, 0) is 37.2 Å². The number of aromatic nitrogens is 1. The molecule has 1 unspecified atom stereocenters. The summed E-state index contributed by atoms with van der Waals surface area (Å²) in [4.78, 5) is 12.4. The van der Waals surface area contributed by atoms with E-state index in [1.165, 1.54) is 0 Å². The van der Waals surface area contributed by atoms with Crippen molar-refractivity contribution in [2.24, 2.45) is 7.05 Å². The Balaban J connectivity index is 1.80. The number of ether oxygens (including phenoxy) is 1. The van der Waals surface area contributed by atoms with Gasteiger partial charge in [-0.25, -0.2) is 0 Å². The third-order valence-corrected chi connectivity index (χ3v) is 4.28. The Kier molecular flexibility index (Phi) is 3.80. The van der Waals surface area contributed by atoms with E-state index in [1.54, 1.807) is 7.11 Å². The van der Waals surface area contributed by atoms with Crippen LogP contribution in [0.2, 0.25) is 0 Å². The molecular weight excluding hydrogens is 282 g/mol. The maximum Gasteiger partial charge on any atom is 0.268 e. The zero-order valence-electron chi connectivity index (χ0n) is 12.8. The molecule has 6 nitrogen and oxygen atoms in total. The molecule has 0 radical (unpaired) electrons.